The number of hydrogen-bond acceptors (Lipinski definition) is 11. The van der Waals surface area contributed by atoms with Crippen LogP contribution in [0.4, 0.5) is 0 Å². The van der Waals surface area contributed by atoms with Crippen LogP contribution in [0.1, 0.15) is 44.9 Å². The molecule has 12 heteroatoms. The number of esters is 2. The molecule has 11 nitrogen and oxygen atoms in total. The standard InChI is InChI=1S/C33H36N2O9S/c1-7-15-43-23-14-12-22(18-26(23)41-9-3)30-29(32(38)42-10-4)20(5)34-33-35(30)31(37)27(45-33)17-21-11-13-24(25(16-21)40-8-2)44-19-28(36)39-6/h7,11-14,16-18,30H,1,8-10,15,19H2,2-6H3/b27-17+/t30-/m0/s1. The first-order valence-corrected chi connectivity index (χ1v) is 15.2. The number of aromatic nitrogens is 1. The van der Waals surface area contributed by atoms with Crippen molar-refractivity contribution in [3.05, 3.63) is 91.1 Å². The fraction of sp³-hybridized carbons (Fsp3) is 0.333. The topological polar surface area (TPSA) is 124 Å². The van der Waals surface area contributed by atoms with Crippen molar-refractivity contribution in [3.8, 4) is 23.0 Å². The monoisotopic (exact) mass is 636 g/mol. The highest BCUT2D eigenvalue weighted by Gasteiger charge is 2.34. The summed E-state index contributed by atoms with van der Waals surface area (Å²) in [6.07, 6.45) is 3.35. The van der Waals surface area contributed by atoms with E-state index in [1.165, 1.54) is 23.0 Å². The second-order valence-corrected chi connectivity index (χ2v) is 10.6. The largest absolute Gasteiger partial charge is 0.490 e. The van der Waals surface area contributed by atoms with Crippen LogP contribution in [0.3, 0.4) is 0 Å². The molecule has 1 aromatic heterocycles. The fourth-order valence-electron chi connectivity index (χ4n) is 4.69. The normalized spacial score (nSPS) is 14.2. The van der Waals surface area contributed by atoms with Gasteiger partial charge in [0, 0.05) is 0 Å². The van der Waals surface area contributed by atoms with Crippen LogP contribution >= 0.6 is 11.3 Å². The molecule has 0 saturated carbocycles. The number of fused-ring (bicyclic) bond motifs is 1. The summed E-state index contributed by atoms with van der Waals surface area (Å²) in [6.45, 7) is 11.7. The van der Waals surface area contributed by atoms with E-state index in [-0.39, 0.29) is 31.0 Å². The number of rotatable bonds is 14. The second kappa shape index (κ2) is 15.2. The van der Waals surface area contributed by atoms with Crippen molar-refractivity contribution in [2.45, 2.75) is 33.7 Å². The molecule has 238 valence electrons. The van der Waals surface area contributed by atoms with Crippen LogP contribution in [-0.4, -0.2) is 56.6 Å². The lowest BCUT2D eigenvalue weighted by molar-refractivity contribution is -0.143. The minimum absolute atomic E-state index is 0.160. The van der Waals surface area contributed by atoms with Crippen LogP contribution in [0.15, 0.2) is 70.1 Å². The molecule has 0 amide bonds. The summed E-state index contributed by atoms with van der Waals surface area (Å²) in [6, 6.07) is 9.60. The highest BCUT2D eigenvalue weighted by atomic mass is 32.1. The van der Waals surface area contributed by atoms with E-state index in [0.29, 0.717) is 62.4 Å². The molecule has 1 aliphatic heterocycles. The van der Waals surface area contributed by atoms with E-state index >= 15 is 0 Å². The molecule has 2 aromatic carbocycles. The van der Waals surface area contributed by atoms with Crippen molar-refractivity contribution in [2.75, 3.05) is 40.1 Å². The van der Waals surface area contributed by atoms with E-state index in [0.717, 1.165) is 0 Å². The zero-order valence-corrected chi connectivity index (χ0v) is 26.7. The number of methoxy groups -OCH3 is 1. The van der Waals surface area contributed by atoms with Gasteiger partial charge in [-0.1, -0.05) is 36.1 Å². The molecule has 1 atom stereocenters. The second-order valence-electron chi connectivity index (χ2n) is 9.55. The Kier molecular flexibility index (Phi) is 11.2. The molecule has 2 heterocycles. The van der Waals surface area contributed by atoms with Crippen molar-refractivity contribution in [3.63, 3.8) is 0 Å². The minimum atomic E-state index is -0.830. The van der Waals surface area contributed by atoms with Gasteiger partial charge >= 0.3 is 11.9 Å². The van der Waals surface area contributed by atoms with Crippen molar-refractivity contribution < 1.29 is 38.0 Å². The number of hydrogen-bond donors (Lipinski definition) is 0. The van der Waals surface area contributed by atoms with Gasteiger partial charge in [0.15, 0.2) is 34.4 Å². The maximum atomic E-state index is 14.1. The molecule has 45 heavy (non-hydrogen) atoms. The first-order valence-electron chi connectivity index (χ1n) is 14.4. The molecular formula is C33H36N2O9S. The summed E-state index contributed by atoms with van der Waals surface area (Å²) in [7, 11) is 1.28. The van der Waals surface area contributed by atoms with Crippen molar-refractivity contribution in [1.29, 1.82) is 0 Å². The summed E-state index contributed by atoms with van der Waals surface area (Å²) >= 11 is 1.20. The highest BCUT2D eigenvalue weighted by Crippen LogP contribution is 2.36. The Bertz CT molecular complexity index is 1790. The Labute approximate surface area is 264 Å². The zero-order chi connectivity index (χ0) is 32.5. The van der Waals surface area contributed by atoms with Crippen LogP contribution in [-0.2, 0) is 19.1 Å². The lowest BCUT2D eigenvalue weighted by Gasteiger charge is -2.25. The van der Waals surface area contributed by atoms with Gasteiger partial charge in [0.1, 0.15) is 6.61 Å². The van der Waals surface area contributed by atoms with Crippen LogP contribution in [0, 0.1) is 0 Å². The molecule has 0 aliphatic carbocycles. The molecule has 0 spiro atoms. The number of carbonyl (C=O) groups excluding carboxylic acids is 2. The quantitative estimate of drug-likeness (QED) is 0.192. The van der Waals surface area contributed by atoms with E-state index in [9.17, 15) is 14.4 Å². The number of allylic oxidation sites excluding steroid dienone is 1. The van der Waals surface area contributed by atoms with Gasteiger partial charge in [0.25, 0.3) is 5.56 Å². The lowest BCUT2D eigenvalue weighted by Crippen LogP contribution is -2.40. The van der Waals surface area contributed by atoms with Gasteiger partial charge in [-0.3, -0.25) is 9.36 Å². The zero-order valence-electron chi connectivity index (χ0n) is 25.9. The van der Waals surface area contributed by atoms with E-state index in [4.69, 9.17) is 23.7 Å². The first-order chi connectivity index (χ1) is 21.8. The predicted molar refractivity (Wildman–Crippen MR) is 169 cm³/mol. The third-order valence-electron chi connectivity index (χ3n) is 6.60. The summed E-state index contributed by atoms with van der Waals surface area (Å²) in [5.41, 5.74) is 1.65. The first kappa shape index (κ1) is 33.1. The minimum Gasteiger partial charge on any atom is -0.490 e. The van der Waals surface area contributed by atoms with Crippen molar-refractivity contribution >= 4 is 29.4 Å². The third kappa shape index (κ3) is 7.46. The maximum Gasteiger partial charge on any atom is 0.343 e. The Morgan fingerprint density at radius 2 is 1.64 bits per heavy atom. The molecule has 4 rings (SSSR count). The Balaban J connectivity index is 1.86. The Hall–Kier alpha value is -4.84. The molecule has 1 aliphatic rings. The number of benzene rings is 2. The van der Waals surface area contributed by atoms with Gasteiger partial charge in [0.05, 0.1) is 48.8 Å². The number of ether oxygens (including phenoxy) is 6. The van der Waals surface area contributed by atoms with E-state index in [1.807, 2.05) is 13.8 Å². The number of nitrogens with zero attached hydrogens (tertiary/aromatic N) is 2. The number of thiazole rings is 1. The molecule has 0 bridgehead atoms. The van der Waals surface area contributed by atoms with Gasteiger partial charge in [-0.05, 0) is 69.2 Å². The summed E-state index contributed by atoms with van der Waals surface area (Å²) in [5.74, 6) is 0.656. The molecule has 3 aromatic rings. The van der Waals surface area contributed by atoms with Crippen LogP contribution < -0.4 is 33.8 Å². The third-order valence-corrected chi connectivity index (χ3v) is 7.58. The average Bonchev–Trinajstić information content (AvgIpc) is 3.33. The van der Waals surface area contributed by atoms with Crippen LogP contribution in [0.5, 0.6) is 23.0 Å². The fourth-order valence-corrected chi connectivity index (χ4v) is 5.73. The van der Waals surface area contributed by atoms with Crippen molar-refractivity contribution in [1.82, 2.24) is 4.57 Å². The van der Waals surface area contributed by atoms with Gasteiger partial charge in [-0.25, -0.2) is 14.6 Å². The molecule has 0 radical (unpaired) electrons. The van der Waals surface area contributed by atoms with Gasteiger partial charge in [-0.15, -0.1) is 0 Å². The van der Waals surface area contributed by atoms with Crippen LogP contribution in [0.25, 0.3) is 6.08 Å². The lowest BCUT2D eigenvalue weighted by atomic mass is 9.95. The smallest absolute Gasteiger partial charge is 0.343 e. The van der Waals surface area contributed by atoms with E-state index in [1.54, 1.807) is 62.4 Å². The van der Waals surface area contributed by atoms with Crippen LogP contribution in [0.2, 0.25) is 0 Å². The van der Waals surface area contributed by atoms with Gasteiger partial charge < -0.3 is 28.4 Å². The number of carbonyl (C=O) groups is 2. The SMILES string of the molecule is C=CCOc1ccc([C@H]2C(C(=O)OCC)=C(C)N=c3s/c(=C/c4ccc(OCC(=O)OC)c(OCC)c4)c(=O)n32)cc1OCC. The average molecular weight is 637 g/mol. The highest BCUT2D eigenvalue weighted by molar-refractivity contribution is 7.07. The van der Waals surface area contributed by atoms with Gasteiger partial charge in [-0.2, -0.15) is 0 Å². The maximum absolute atomic E-state index is 14.1. The predicted octanol–water partition coefficient (Wildman–Crippen LogP) is 3.71. The molecular weight excluding hydrogens is 600 g/mol. The molecule has 0 N–H and O–H groups in total. The molecule has 0 saturated heterocycles. The van der Waals surface area contributed by atoms with Gasteiger partial charge in [0.2, 0.25) is 0 Å². The van der Waals surface area contributed by atoms with E-state index < -0.39 is 18.0 Å². The van der Waals surface area contributed by atoms with Crippen molar-refractivity contribution in [2.24, 2.45) is 4.99 Å². The Morgan fingerprint density at radius 3 is 2.31 bits per heavy atom. The molecule has 0 fully saturated rings. The Morgan fingerprint density at radius 1 is 0.956 bits per heavy atom. The van der Waals surface area contributed by atoms with E-state index in [2.05, 4.69) is 16.3 Å². The summed E-state index contributed by atoms with van der Waals surface area (Å²) in [4.78, 5) is 44.0. The summed E-state index contributed by atoms with van der Waals surface area (Å²) < 4.78 is 34.9. The molecule has 0 unspecified atom stereocenters. The summed E-state index contributed by atoms with van der Waals surface area (Å²) in [5, 5.41) is 0.